The zero-order valence-electron chi connectivity index (χ0n) is 10.2. The molecule has 0 unspecified atom stereocenters. The summed E-state index contributed by atoms with van der Waals surface area (Å²) in [7, 11) is 0. The first kappa shape index (κ1) is 12.1. The molecule has 6 heteroatoms. The van der Waals surface area contributed by atoms with Crippen LogP contribution in [0.2, 0.25) is 0 Å². The van der Waals surface area contributed by atoms with Crippen LogP contribution in [0.25, 0.3) is 5.82 Å². The smallest absolute Gasteiger partial charge is 0.217 e. The molecule has 1 amide bonds. The van der Waals surface area contributed by atoms with Gasteiger partial charge in [-0.3, -0.25) is 14.2 Å². The molecule has 6 nitrogen and oxygen atoms in total. The van der Waals surface area contributed by atoms with Crippen LogP contribution in [-0.4, -0.2) is 20.4 Å². The Kier molecular flexibility index (Phi) is 3.27. The Hall–Kier alpha value is -2.37. The molecule has 2 aromatic rings. The Morgan fingerprint density at radius 1 is 1.56 bits per heavy atom. The fourth-order valence-electron chi connectivity index (χ4n) is 1.69. The average Bonchev–Trinajstić information content (AvgIpc) is 2.79. The van der Waals surface area contributed by atoms with Crippen LogP contribution in [0.15, 0.2) is 29.6 Å². The SMILES string of the molecule is CC(=O)NCc1c(-n2ccnc2)[nH]c(C)cc1=O. The molecule has 0 bridgehead atoms. The quantitative estimate of drug-likeness (QED) is 0.827. The highest BCUT2D eigenvalue weighted by molar-refractivity contribution is 5.72. The van der Waals surface area contributed by atoms with Gasteiger partial charge in [0.1, 0.15) is 12.1 Å². The van der Waals surface area contributed by atoms with E-state index >= 15 is 0 Å². The first-order valence-electron chi connectivity index (χ1n) is 5.53. The predicted octanol–water partition coefficient (Wildman–Crippen LogP) is 0.505. The summed E-state index contributed by atoms with van der Waals surface area (Å²) in [5, 5.41) is 2.63. The summed E-state index contributed by atoms with van der Waals surface area (Å²) in [4.78, 5) is 30.0. The maximum atomic E-state index is 12.0. The van der Waals surface area contributed by atoms with Crippen LogP contribution in [0, 0.1) is 6.92 Å². The number of imidazole rings is 1. The van der Waals surface area contributed by atoms with Crippen LogP contribution < -0.4 is 10.7 Å². The van der Waals surface area contributed by atoms with Gasteiger partial charge >= 0.3 is 0 Å². The lowest BCUT2D eigenvalue weighted by atomic mass is 10.2. The van der Waals surface area contributed by atoms with Crippen molar-refractivity contribution in [1.29, 1.82) is 0 Å². The summed E-state index contributed by atoms with van der Waals surface area (Å²) >= 11 is 0. The van der Waals surface area contributed by atoms with Gasteiger partial charge in [0.25, 0.3) is 0 Å². The molecule has 2 rings (SSSR count). The Morgan fingerprint density at radius 2 is 2.33 bits per heavy atom. The Labute approximate surface area is 104 Å². The van der Waals surface area contributed by atoms with Crippen molar-refractivity contribution in [3.05, 3.63) is 46.3 Å². The normalized spacial score (nSPS) is 10.3. The molecule has 2 heterocycles. The number of aromatic amines is 1. The summed E-state index contributed by atoms with van der Waals surface area (Å²) in [6.07, 6.45) is 4.97. The van der Waals surface area contributed by atoms with E-state index in [4.69, 9.17) is 0 Å². The van der Waals surface area contributed by atoms with Crippen molar-refractivity contribution in [2.45, 2.75) is 20.4 Å². The minimum atomic E-state index is -0.174. The van der Waals surface area contributed by atoms with Gasteiger partial charge in [-0.1, -0.05) is 0 Å². The molecule has 0 radical (unpaired) electrons. The monoisotopic (exact) mass is 246 g/mol. The molecule has 94 valence electrons. The number of H-pyrrole nitrogens is 1. The second-order valence-electron chi connectivity index (χ2n) is 4.02. The maximum Gasteiger partial charge on any atom is 0.217 e. The number of pyridine rings is 1. The molecule has 0 aromatic carbocycles. The second kappa shape index (κ2) is 4.87. The van der Waals surface area contributed by atoms with Gasteiger partial charge in [-0.25, -0.2) is 4.98 Å². The second-order valence-corrected chi connectivity index (χ2v) is 4.02. The number of nitrogens with zero attached hydrogens (tertiary/aromatic N) is 2. The highest BCUT2D eigenvalue weighted by Crippen LogP contribution is 2.08. The van der Waals surface area contributed by atoms with Gasteiger partial charge in [-0.2, -0.15) is 0 Å². The van der Waals surface area contributed by atoms with E-state index in [-0.39, 0.29) is 17.9 Å². The van der Waals surface area contributed by atoms with Crippen LogP contribution >= 0.6 is 0 Å². The van der Waals surface area contributed by atoms with Crippen LogP contribution in [0.5, 0.6) is 0 Å². The van der Waals surface area contributed by atoms with Crippen LogP contribution in [0.1, 0.15) is 18.2 Å². The molecule has 0 aliphatic rings. The number of rotatable bonds is 3. The number of carbonyl (C=O) groups is 1. The minimum Gasteiger partial charge on any atom is -0.352 e. The predicted molar refractivity (Wildman–Crippen MR) is 66.4 cm³/mol. The molecular formula is C12H14N4O2. The van der Waals surface area contributed by atoms with Gasteiger partial charge in [0.05, 0.1) is 12.1 Å². The number of aryl methyl sites for hydroxylation is 1. The van der Waals surface area contributed by atoms with Gasteiger partial charge in [-0.15, -0.1) is 0 Å². The van der Waals surface area contributed by atoms with E-state index < -0.39 is 0 Å². The molecule has 2 aromatic heterocycles. The Bertz CT molecular complexity index is 614. The number of aromatic nitrogens is 3. The zero-order chi connectivity index (χ0) is 13.1. The summed E-state index contributed by atoms with van der Waals surface area (Å²) in [6, 6.07) is 1.51. The lowest BCUT2D eigenvalue weighted by molar-refractivity contribution is -0.119. The average molecular weight is 246 g/mol. The molecular weight excluding hydrogens is 232 g/mol. The van der Waals surface area contributed by atoms with E-state index in [1.807, 2.05) is 6.92 Å². The van der Waals surface area contributed by atoms with E-state index in [2.05, 4.69) is 15.3 Å². The molecule has 0 aliphatic carbocycles. The molecule has 0 spiro atoms. The van der Waals surface area contributed by atoms with E-state index in [9.17, 15) is 9.59 Å². The molecule has 0 atom stereocenters. The van der Waals surface area contributed by atoms with E-state index in [1.54, 1.807) is 23.3 Å². The van der Waals surface area contributed by atoms with Crippen molar-refractivity contribution >= 4 is 5.91 Å². The third kappa shape index (κ3) is 2.48. The van der Waals surface area contributed by atoms with Gasteiger partial charge in [-0.05, 0) is 6.92 Å². The van der Waals surface area contributed by atoms with Crippen molar-refractivity contribution in [3.63, 3.8) is 0 Å². The first-order valence-corrected chi connectivity index (χ1v) is 5.53. The number of amides is 1. The van der Waals surface area contributed by atoms with E-state index in [1.165, 1.54) is 13.0 Å². The topological polar surface area (TPSA) is 79.8 Å². The summed E-state index contributed by atoms with van der Waals surface area (Å²) < 4.78 is 1.71. The first-order chi connectivity index (χ1) is 8.58. The van der Waals surface area contributed by atoms with E-state index in [0.29, 0.717) is 11.4 Å². The maximum absolute atomic E-state index is 12.0. The van der Waals surface area contributed by atoms with Gasteiger partial charge in [0.2, 0.25) is 5.91 Å². The van der Waals surface area contributed by atoms with E-state index in [0.717, 1.165) is 5.69 Å². The van der Waals surface area contributed by atoms with Crippen molar-refractivity contribution < 1.29 is 4.79 Å². The van der Waals surface area contributed by atoms with Crippen molar-refractivity contribution in [1.82, 2.24) is 19.9 Å². The third-order valence-corrected chi connectivity index (χ3v) is 2.52. The lowest BCUT2D eigenvalue weighted by Crippen LogP contribution is -2.25. The zero-order valence-corrected chi connectivity index (χ0v) is 10.2. The largest absolute Gasteiger partial charge is 0.352 e. The summed E-state index contributed by atoms with van der Waals surface area (Å²) in [5.74, 6) is 0.456. The molecule has 0 fully saturated rings. The third-order valence-electron chi connectivity index (χ3n) is 2.52. The van der Waals surface area contributed by atoms with Crippen molar-refractivity contribution in [2.24, 2.45) is 0 Å². The van der Waals surface area contributed by atoms with Gasteiger partial charge < -0.3 is 10.3 Å². The minimum absolute atomic E-state index is 0.108. The number of nitrogens with one attached hydrogen (secondary N) is 2. The van der Waals surface area contributed by atoms with Crippen LogP contribution in [0.4, 0.5) is 0 Å². The number of carbonyl (C=O) groups excluding carboxylic acids is 1. The molecule has 0 saturated heterocycles. The number of hydrogen-bond donors (Lipinski definition) is 2. The lowest BCUT2D eigenvalue weighted by Gasteiger charge is -2.11. The highest BCUT2D eigenvalue weighted by atomic mass is 16.1. The van der Waals surface area contributed by atoms with Gasteiger partial charge in [0, 0.05) is 31.1 Å². The van der Waals surface area contributed by atoms with Crippen LogP contribution in [-0.2, 0) is 11.3 Å². The van der Waals surface area contributed by atoms with Crippen LogP contribution in [0.3, 0.4) is 0 Å². The Balaban J connectivity index is 2.49. The molecule has 2 N–H and O–H groups in total. The molecule has 18 heavy (non-hydrogen) atoms. The van der Waals surface area contributed by atoms with Gasteiger partial charge in [0.15, 0.2) is 5.43 Å². The molecule has 0 aliphatic heterocycles. The fraction of sp³-hybridized carbons (Fsp3) is 0.250. The summed E-state index contributed by atoms with van der Waals surface area (Å²) in [6.45, 7) is 3.42. The fourth-order valence-corrected chi connectivity index (χ4v) is 1.69. The molecule has 0 saturated carbocycles. The highest BCUT2D eigenvalue weighted by Gasteiger charge is 2.10. The number of hydrogen-bond acceptors (Lipinski definition) is 3. The van der Waals surface area contributed by atoms with Crippen molar-refractivity contribution in [2.75, 3.05) is 0 Å². The van der Waals surface area contributed by atoms with Crippen molar-refractivity contribution in [3.8, 4) is 5.82 Å². The summed E-state index contributed by atoms with van der Waals surface area (Å²) in [5.41, 5.74) is 1.16. The standard InChI is InChI=1S/C12H14N4O2/c1-8-5-11(18)10(6-14-9(2)17)12(15-8)16-4-3-13-7-16/h3-5,7H,6H2,1-2H3,(H,14,17)(H,15,18). The Morgan fingerprint density at radius 3 is 2.94 bits per heavy atom.